The minimum absolute atomic E-state index is 0.247. The first-order valence-electron chi connectivity index (χ1n) is 5.63. The molecule has 1 unspecified atom stereocenters. The van der Waals surface area contributed by atoms with E-state index in [0.717, 1.165) is 41.5 Å². The first kappa shape index (κ1) is 13.0. The molecule has 1 aromatic carbocycles. The van der Waals surface area contributed by atoms with Crippen molar-refractivity contribution in [3.05, 3.63) is 28.3 Å². The molecule has 0 radical (unpaired) electrons. The number of hydrazine groups is 1. The Bertz CT molecular complexity index is 400. The molecule has 0 fully saturated rings. The normalized spacial score (nSPS) is 15.5. The Morgan fingerprint density at radius 3 is 3.12 bits per heavy atom. The molecule has 2 rings (SSSR count). The van der Waals surface area contributed by atoms with Gasteiger partial charge in [0.1, 0.15) is 5.75 Å². The van der Waals surface area contributed by atoms with Gasteiger partial charge in [0.25, 0.3) is 0 Å². The number of nitrogens with two attached hydrogens (primary N) is 1. The summed E-state index contributed by atoms with van der Waals surface area (Å²) in [5.74, 6) is 7.53. The van der Waals surface area contributed by atoms with Gasteiger partial charge in [0, 0.05) is 23.2 Å². The average Bonchev–Trinajstić information content (AvgIpc) is 2.76. The van der Waals surface area contributed by atoms with Gasteiger partial charge in [-0.05, 0) is 35.9 Å². The van der Waals surface area contributed by atoms with Crippen LogP contribution in [0.4, 0.5) is 0 Å². The number of nitrogens with one attached hydrogen (secondary N) is 1. The molecule has 0 aromatic heterocycles. The SMILES string of the molecule is CSCC(Cc1cc(Cl)cc2c1OCC2)NN. The molecule has 1 atom stereocenters. The highest BCUT2D eigenvalue weighted by Crippen LogP contribution is 2.33. The van der Waals surface area contributed by atoms with Crippen LogP contribution in [-0.2, 0) is 12.8 Å². The molecule has 1 heterocycles. The van der Waals surface area contributed by atoms with Crippen molar-refractivity contribution >= 4 is 23.4 Å². The van der Waals surface area contributed by atoms with E-state index in [1.807, 2.05) is 12.1 Å². The Morgan fingerprint density at radius 1 is 1.59 bits per heavy atom. The van der Waals surface area contributed by atoms with Crippen LogP contribution in [-0.4, -0.2) is 24.7 Å². The quantitative estimate of drug-likeness (QED) is 0.636. The maximum Gasteiger partial charge on any atom is 0.125 e. The molecule has 1 aromatic rings. The lowest BCUT2D eigenvalue weighted by Gasteiger charge is -2.16. The van der Waals surface area contributed by atoms with Gasteiger partial charge in [-0.3, -0.25) is 11.3 Å². The largest absolute Gasteiger partial charge is 0.493 e. The van der Waals surface area contributed by atoms with E-state index < -0.39 is 0 Å². The predicted molar refractivity (Wildman–Crippen MR) is 73.8 cm³/mol. The molecule has 94 valence electrons. The van der Waals surface area contributed by atoms with E-state index in [2.05, 4.69) is 11.7 Å². The topological polar surface area (TPSA) is 47.3 Å². The second kappa shape index (κ2) is 5.96. The number of halogens is 1. The number of rotatable bonds is 5. The van der Waals surface area contributed by atoms with Crippen LogP contribution in [0.1, 0.15) is 11.1 Å². The van der Waals surface area contributed by atoms with Gasteiger partial charge < -0.3 is 4.74 Å². The van der Waals surface area contributed by atoms with Crippen LogP contribution in [0.15, 0.2) is 12.1 Å². The third-order valence-corrected chi connectivity index (χ3v) is 3.85. The highest BCUT2D eigenvalue weighted by molar-refractivity contribution is 7.98. The smallest absolute Gasteiger partial charge is 0.125 e. The highest BCUT2D eigenvalue weighted by atomic mass is 35.5. The van der Waals surface area contributed by atoms with E-state index in [1.54, 1.807) is 11.8 Å². The van der Waals surface area contributed by atoms with Crippen molar-refractivity contribution in [2.75, 3.05) is 18.6 Å². The molecular weight excluding hydrogens is 256 g/mol. The fourth-order valence-electron chi connectivity index (χ4n) is 2.13. The Labute approximate surface area is 111 Å². The van der Waals surface area contributed by atoms with Crippen molar-refractivity contribution in [2.45, 2.75) is 18.9 Å². The number of benzene rings is 1. The maximum absolute atomic E-state index is 6.12. The lowest BCUT2D eigenvalue weighted by atomic mass is 10.0. The fraction of sp³-hybridized carbons (Fsp3) is 0.500. The summed E-state index contributed by atoms with van der Waals surface area (Å²) in [5, 5.41) is 0.782. The van der Waals surface area contributed by atoms with Crippen LogP contribution in [0, 0.1) is 0 Å². The van der Waals surface area contributed by atoms with Crippen molar-refractivity contribution in [2.24, 2.45) is 5.84 Å². The van der Waals surface area contributed by atoms with E-state index in [-0.39, 0.29) is 6.04 Å². The van der Waals surface area contributed by atoms with Crippen LogP contribution in [0.2, 0.25) is 5.02 Å². The first-order chi connectivity index (χ1) is 8.24. The summed E-state index contributed by atoms with van der Waals surface area (Å²) in [4.78, 5) is 0. The molecule has 0 saturated heterocycles. The van der Waals surface area contributed by atoms with Gasteiger partial charge in [-0.15, -0.1) is 0 Å². The number of ether oxygens (including phenoxy) is 1. The van der Waals surface area contributed by atoms with Gasteiger partial charge in [-0.25, -0.2) is 0 Å². The van der Waals surface area contributed by atoms with Crippen molar-refractivity contribution < 1.29 is 4.74 Å². The summed E-state index contributed by atoms with van der Waals surface area (Å²) in [5.41, 5.74) is 5.21. The van der Waals surface area contributed by atoms with Crippen LogP contribution >= 0.6 is 23.4 Å². The zero-order valence-corrected chi connectivity index (χ0v) is 11.4. The molecule has 1 aliphatic heterocycles. The maximum atomic E-state index is 6.12. The number of fused-ring (bicyclic) bond motifs is 1. The Morgan fingerprint density at radius 2 is 2.41 bits per heavy atom. The lowest BCUT2D eigenvalue weighted by molar-refractivity contribution is 0.352. The van der Waals surface area contributed by atoms with Crippen LogP contribution in [0.5, 0.6) is 5.75 Å². The van der Waals surface area contributed by atoms with Gasteiger partial charge in [0.05, 0.1) is 6.61 Å². The molecule has 5 heteroatoms. The Balaban J connectivity index is 2.20. The summed E-state index contributed by atoms with van der Waals surface area (Å²) >= 11 is 7.89. The molecule has 0 amide bonds. The van der Waals surface area contributed by atoms with E-state index in [9.17, 15) is 0 Å². The van der Waals surface area contributed by atoms with Crippen molar-refractivity contribution in [1.29, 1.82) is 0 Å². The molecule has 0 saturated carbocycles. The third kappa shape index (κ3) is 3.07. The number of hydrogen-bond acceptors (Lipinski definition) is 4. The van der Waals surface area contributed by atoms with Crippen LogP contribution in [0.25, 0.3) is 0 Å². The second-order valence-electron chi connectivity index (χ2n) is 4.17. The number of thioether (sulfide) groups is 1. The molecule has 0 spiro atoms. The summed E-state index contributed by atoms with van der Waals surface area (Å²) in [6.07, 6.45) is 3.87. The van der Waals surface area contributed by atoms with Crippen LogP contribution < -0.4 is 16.0 Å². The second-order valence-corrected chi connectivity index (χ2v) is 5.52. The minimum atomic E-state index is 0.247. The lowest BCUT2D eigenvalue weighted by Crippen LogP contribution is -2.38. The molecule has 3 nitrogen and oxygen atoms in total. The average molecular weight is 273 g/mol. The zero-order chi connectivity index (χ0) is 12.3. The monoisotopic (exact) mass is 272 g/mol. The molecule has 0 aliphatic carbocycles. The predicted octanol–water partition coefficient (Wildman–Crippen LogP) is 2.01. The number of hydrogen-bond donors (Lipinski definition) is 2. The van der Waals surface area contributed by atoms with Gasteiger partial charge in [-0.2, -0.15) is 11.8 Å². The van der Waals surface area contributed by atoms with Gasteiger partial charge in [-0.1, -0.05) is 11.6 Å². The zero-order valence-electron chi connectivity index (χ0n) is 9.83. The summed E-state index contributed by atoms with van der Waals surface area (Å²) < 4.78 is 5.67. The minimum Gasteiger partial charge on any atom is -0.493 e. The van der Waals surface area contributed by atoms with Crippen LogP contribution in [0.3, 0.4) is 0 Å². The first-order valence-corrected chi connectivity index (χ1v) is 7.41. The summed E-state index contributed by atoms with van der Waals surface area (Å²) in [6, 6.07) is 4.22. The van der Waals surface area contributed by atoms with Crippen molar-refractivity contribution in [3.63, 3.8) is 0 Å². The van der Waals surface area contributed by atoms with Crippen molar-refractivity contribution in [3.8, 4) is 5.75 Å². The Hall–Kier alpha value is -0.420. The van der Waals surface area contributed by atoms with E-state index in [4.69, 9.17) is 22.2 Å². The molecule has 1 aliphatic rings. The molecule has 17 heavy (non-hydrogen) atoms. The summed E-state index contributed by atoms with van der Waals surface area (Å²) in [7, 11) is 0. The van der Waals surface area contributed by atoms with E-state index in [0.29, 0.717) is 0 Å². The van der Waals surface area contributed by atoms with Gasteiger partial charge in [0.15, 0.2) is 0 Å². The standard InChI is InChI=1S/C12H17ClN2OS/c1-17-7-11(15-14)6-9-5-10(13)4-8-2-3-16-12(8)9/h4-5,11,15H,2-3,6-7,14H2,1H3. The van der Waals surface area contributed by atoms with E-state index in [1.165, 1.54) is 5.56 Å². The van der Waals surface area contributed by atoms with Crippen molar-refractivity contribution in [1.82, 2.24) is 5.43 Å². The Kier molecular flexibility index (Phi) is 4.56. The third-order valence-electron chi connectivity index (χ3n) is 2.90. The molecular formula is C12H17ClN2OS. The highest BCUT2D eigenvalue weighted by Gasteiger charge is 2.19. The fourth-order valence-corrected chi connectivity index (χ4v) is 3.01. The summed E-state index contributed by atoms with van der Waals surface area (Å²) in [6.45, 7) is 0.756. The van der Waals surface area contributed by atoms with E-state index >= 15 is 0 Å². The van der Waals surface area contributed by atoms with Gasteiger partial charge >= 0.3 is 0 Å². The molecule has 3 N–H and O–H groups in total. The van der Waals surface area contributed by atoms with Gasteiger partial charge in [0.2, 0.25) is 0 Å². The molecule has 0 bridgehead atoms.